The Bertz CT molecular complexity index is 512. The number of hydrazone groups is 1. The molecule has 88 valence electrons. The maximum absolute atomic E-state index is 8.67. The summed E-state index contributed by atoms with van der Waals surface area (Å²) in [6.07, 6.45) is 0. The van der Waals surface area contributed by atoms with Crippen molar-refractivity contribution in [2.45, 2.75) is 0 Å². The molecule has 8 heteroatoms. The molecule has 1 rings (SSSR count). The monoisotopic (exact) mass is 377 g/mol. The van der Waals surface area contributed by atoms with Gasteiger partial charge in [-0.3, -0.25) is 10.8 Å². The van der Waals surface area contributed by atoms with E-state index in [-0.39, 0.29) is 5.71 Å². The Morgan fingerprint density at radius 2 is 2.00 bits per heavy atom. The number of rotatable bonds is 3. The van der Waals surface area contributed by atoms with E-state index in [1.165, 1.54) is 0 Å². The molecule has 5 nitrogen and oxygen atoms in total. The van der Waals surface area contributed by atoms with E-state index in [9.17, 15) is 0 Å². The van der Waals surface area contributed by atoms with Crippen molar-refractivity contribution in [2.24, 2.45) is 10.8 Å². The van der Waals surface area contributed by atoms with Crippen LogP contribution in [-0.2, 0) is 0 Å². The second kappa shape index (κ2) is 6.00. The second-order valence-electron chi connectivity index (χ2n) is 2.84. The molecule has 0 aliphatic heterocycles. The summed E-state index contributed by atoms with van der Waals surface area (Å²) in [4.78, 5) is 0. The number of nitrogens with zero attached hydrogens (tertiary/aromatic N) is 2. The number of anilines is 1. The molecule has 1 aromatic rings. The molecule has 4 N–H and O–H groups in total. The van der Waals surface area contributed by atoms with Crippen molar-refractivity contribution in [1.82, 2.24) is 0 Å². The SMILES string of the molecule is N#C/C(=N\Nc1c(Br)cc(Cl)cc1Br)C(=N)N. The lowest BCUT2D eigenvalue weighted by atomic mass is 10.3. The van der Waals surface area contributed by atoms with Gasteiger partial charge < -0.3 is 5.73 Å². The van der Waals surface area contributed by atoms with Gasteiger partial charge in [-0.2, -0.15) is 10.4 Å². The number of nitrogens with one attached hydrogen (secondary N) is 2. The molecular weight excluding hydrogens is 373 g/mol. The van der Waals surface area contributed by atoms with Crippen molar-refractivity contribution in [3.05, 3.63) is 26.1 Å². The number of halogens is 3. The van der Waals surface area contributed by atoms with Crippen molar-refractivity contribution in [3.8, 4) is 6.07 Å². The molecule has 0 radical (unpaired) electrons. The minimum Gasteiger partial charge on any atom is -0.382 e. The number of hydrogen-bond acceptors (Lipinski definition) is 4. The highest BCUT2D eigenvalue weighted by Gasteiger charge is 2.07. The van der Waals surface area contributed by atoms with Crippen LogP contribution < -0.4 is 11.2 Å². The Kier molecular flexibility index (Phi) is 4.93. The molecule has 0 heterocycles. The summed E-state index contributed by atoms with van der Waals surface area (Å²) >= 11 is 12.4. The van der Waals surface area contributed by atoms with Crippen LogP contribution in [0.3, 0.4) is 0 Å². The van der Waals surface area contributed by atoms with Gasteiger partial charge in [0.05, 0.1) is 5.69 Å². The van der Waals surface area contributed by atoms with Crippen LogP contribution in [0.5, 0.6) is 0 Å². The fraction of sp³-hybridized carbons (Fsp3) is 0. The molecule has 0 atom stereocenters. The van der Waals surface area contributed by atoms with E-state index in [1.54, 1.807) is 18.2 Å². The first-order chi connectivity index (χ1) is 7.95. The average molecular weight is 379 g/mol. The number of amidine groups is 1. The van der Waals surface area contributed by atoms with Crippen molar-refractivity contribution in [2.75, 3.05) is 5.43 Å². The Balaban J connectivity index is 3.05. The Morgan fingerprint density at radius 1 is 1.47 bits per heavy atom. The topological polar surface area (TPSA) is 98.0 Å². The van der Waals surface area contributed by atoms with Gasteiger partial charge in [0.2, 0.25) is 5.71 Å². The molecule has 0 saturated heterocycles. The third-order valence-electron chi connectivity index (χ3n) is 1.65. The van der Waals surface area contributed by atoms with Crippen LogP contribution in [0.15, 0.2) is 26.2 Å². The number of nitrogens with two attached hydrogens (primary N) is 1. The fourth-order valence-electron chi connectivity index (χ4n) is 0.906. The minimum absolute atomic E-state index is 0.196. The molecule has 1 aromatic carbocycles. The van der Waals surface area contributed by atoms with E-state index in [0.717, 1.165) is 0 Å². The molecule has 0 aromatic heterocycles. The highest BCUT2D eigenvalue weighted by Crippen LogP contribution is 2.34. The summed E-state index contributed by atoms with van der Waals surface area (Å²) < 4.78 is 1.34. The van der Waals surface area contributed by atoms with Crippen molar-refractivity contribution >= 4 is 60.7 Å². The number of benzene rings is 1. The van der Waals surface area contributed by atoms with Crippen LogP contribution in [0.2, 0.25) is 5.02 Å². The third-order valence-corrected chi connectivity index (χ3v) is 3.12. The molecule has 0 fully saturated rings. The minimum atomic E-state index is -0.402. The van der Waals surface area contributed by atoms with E-state index in [0.29, 0.717) is 19.7 Å². The first kappa shape index (κ1) is 14.0. The standard InChI is InChI=1S/C9H6Br2ClN5/c10-5-1-4(12)2-6(11)8(5)17-16-7(3-13)9(14)15/h1-2,17H,(H3,14,15)/b16-7+. The third kappa shape index (κ3) is 3.70. The molecule has 0 saturated carbocycles. The number of nitriles is 1. The Labute approximate surface area is 119 Å². The smallest absolute Gasteiger partial charge is 0.201 e. The zero-order chi connectivity index (χ0) is 13.0. The predicted octanol–water partition coefficient (Wildman–Crippen LogP) is 3.09. The van der Waals surface area contributed by atoms with Crippen molar-refractivity contribution < 1.29 is 0 Å². The van der Waals surface area contributed by atoms with Crippen molar-refractivity contribution in [1.29, 1.82) is 10.7 Å². The van der Waals surface area contributed by atoms with Gasteiger partial charge in [-0.15, -0.1) is 0 Å². The molecule has 0 aliphatic rings. The van der Waals surface area contributed by atoms with Gasteiger partial charge in [-0.25, -0.2) is 0 Å². The van der Waals surface area contributed by atoms with Gasteiger partial charge in [-0.05, 0) is 44.0 Å². The fourth-order valence-corrected chi connectivity index (χ4v) is 2.75. The van der Waals surface area contributed by atoms with Gasteiger partial charge in [0.25, 0.3) is 0 Å². The largest absolute Gasteiger partial charge is 0.382 e. The summed E-state index contributed by atoms with van der Waals surface area (Å²) in [5.74, 6) is -0.402. The molecule has 0 unspecified atom stereocenters. The Hall–Kier alpha value is -1.10. The van der Waals surface area contributed by atoms with Gasteiger partial charge >= 0.3 is 0 Å². The zero-order valence-electron chi connectivity index (χ0n) is 8.26. The van der Waals surface area contributed by atoms with E-state index in [4.69, 9.17) is 28.0 Å². The summed E-state index contributed by atoms with van der Waals surface area (Å²) in [6.45, 7) is 0. The highest BCUT2D eigenvalue weighted by molar-refractivity contribution is 9.11. The molecule has 0 spiro atoms. The van der Waals surface area contributed by atoms with E-state index >= 15 is 0 Å². The molecule has 0 amide bonds. The summed E-state index contributed by atoms with van der Waals surface area (Å²) in [5.41, 5.74) is 8.18. The normalized spacial score (nSPS) is 10.8. The van der Waals surface area contributed by atoms with Crippen LogP contribution in [0.1, 0.15) is 0 Å². The van der Waals surface area contributed by atoms with E-state index in [1.807, 2.05) is 0 Å². The van der Waals surface area contributed by atoms with Crippen LogP contribution >= 0.6 is 43.5 Å². The van der Waals surface area contributed by atoms with Gasteiger partial charge in [0.15, 0.2) is 5.84 Å². The zero-order valence-corrected chi connectivity index (χ0v) is 12.2. The first-order valence-electron chi connectivity index (χ1n) is 4.18. The summed E-state index contributed by atoms with van der Waals surface area (Å²) in [7, 11) is 0. The lowest BCUT2D eigenvalue weighted by molar-refractivity contribution is 1.31. The quantitative estimate of drug-likeness (QED) is 0.428. The van der Waals surface area contributed by atoms with Crippen LogP contribution in [0.4, 0.5) is 5.69 Å². The lowest BCUT2D eigenvalue weighted by Gasteiger charge is -2.07. The molecule has 0 bridgehead atoms. The average Bonchev–Trinajstić information content (AvgIpc) is 2.21. The molecule has 17 heavy (non-hydrogen) atoms. The Morgan fingerprint density at radius 3 is 2.41 bits per heavy atom. The first-order valence-corrected chi connectivity index (χ1v) is 6.15. The summed E-state index contributed by atoms with van der Waals surface area (Å²) in [6, 6.07) is 5.04. The van der Waals surface area contributed by atoms with Gasteiger partial charge in [0, 0.05) is 14.0 Å². The lowest BCUT2D eigenvalue weighted by Crippen LogP contribution is -2.21. The van der Waals surface area contributed by atoms with Crippen LogP contribution in [-0.4, -0.2) is 11.5 Å². The molecule has 0 aliphatic carbocycles. The van der Waals surface area contributed by atoms with Crippen molar-refractivity contribution in [3.63, 3.8) is 0 Å². The summed E-state index contributed by atoms with van der Waals surface area (Å²) in [5, 5.41) is 20.0. The predicted molar refractivity (Wildman–Crippen MR) is 75.4 cm³/mol. The van der Waals surface area contributed by atoms with E-state index < -0.39 is 5.84 Å². The van der Waals surface area contributed by atoms with Gasteiger partial charge in [0.1, 0.15) is 6.07 Å². The molecular formula is C9H6Br2ClN5. The van der Waals surface area contributed by atoms with Gasteiger partial charge in [-0.1, -0.05) is 11.6 Å². The van der Waals surface area contributed by atoms with Crippen LogP contribution in [0.25, 0.3) is 0 Å². The maximum Gasteiger partial charge on any atom is 0.201 e. The highest BCUT2D eigenvalue weighted by atomic mass is 79.9. The van der Waals surface area contributed by atoms with Crippen LogP contribution in [0, 0.1) is 16.7 Å². The van der Waals surface area contributed by atoms with E-state index in [2.05, 4.69) is 42.4 Å². The number of hydrogen-bond donors (Lipinski definition) is 3. The maximum atomic E-state index is 8.67. The second-order valence-corrected chi connectivity index (χ2v) is 4.99.